The minimum atomic E-state index is -5.29. The summed E-state index contributed by atoms with van der Waals surface area (Å²) in [6, 6.07) is 0. The number of alkyl halides is 6. The Morgan fingerprint density at radius 3 is 1.85 bits per heavy atom. The van der Waals surface area contributed by atoms with E-state index in [-0.39, 0.29) is 18.4 Å². The molecular formula is C17H20F6O4. The molecule has 154 valence electrons. The summed E-state index contributed by atoms with van der Waals surface area (Å²) in [5.74, 6) is -3.29. The molecule has 4 nitrogen and oxygen atoms in total. The van der Waals surface area contributed by atoms with E-state index < -0.39 is 58.6 Å². The summed E-state index contributed by atoms with van der Waals surface area (Å²) >= 11 is 0. The van der Waals surface area contributed by atoms with Crippen molar-refractivity contribution in [2.75, 3.05) is 0 Å². The Labute approximate surface area is 151 Å². The standard InChI is InChI=1S/C17H20F6O4/c1-7(2)13(24)27-10-6-8-5-9(10)12(15(4,26)17(21,22)23)11(8)14(3,25)16(18,19)20/h8-10,25-26H,1,5-6H2,2-4H3. The fourth-order valence-electron chi connectivity index (χ4n) is 3.91. The highest BCUT2D eigenvalue weighted by atomic mass is 19.4. The third kappa shape index (κ3) is 3.37. The third-order valence-electron chi connectivity index (χ3n) is 5.33. The van der Waals surface area contributed by atoms with Crippen LogP contribution in [0.15, 0.2) is 23.3 Å². The molecule has 1 saturated carbocycles. The van der Waals surface area contributed by atoms with E-state index in [0.717, 1.165) is 0 Å². The van der Waals surface area contributed by atoms with Crippen molar-refractivity contribution in [2.24, 2.45) is 11.8 Å². The average Bonchev–Trinajstić information content (AvgIpc) is 3.02. The summed E-state index contributed by atoms with van der Waals surface area (Å²) in [5, 5.41) is 20.2. The number of carbonyl (C=O) groups excluding carboxylic acids is 1. The van der Waals surface area contributed by atoms with Crippen molar-refractivity contribution < 1.29 is 46.1 Å². The average molecular weight is 402 g/mol. The number of fused-ring (bicyclic) bond motifs is 2. The Bertz CT molecular complexity index is 687. The maximum absolute atomic E-state index is 13.4. The number of aliphatic hydroxyl groups is 2. The Morgan fingerprint density at radius 1 is 1.00 bits per heavy atom. The molecule has 0 spiro atoms. The Balaban J connectivity index is 2.60. The largest absolute Gasteiger partial charge is 0.458 e. The van der Waals surface area contributed by atoms with Crippen molar-refractivity contribution in [3.8, 4) is 0 Å². The lowest BCUT2D eigenvalue weighted by atomic mass is 9.74. The lowest BCUT2D eigenvalue weighted by Crippen LogP contribution is -2.52. The number of hydrogen-bond acceptors (Lipinski definition) is 4. The van der Waals surface area contributed by atoms with Crippen molar-refractivity contribution in [2.45, 2.75) is 63.3 Å². The second-order valence-electron chi connectivity index (χ2n) is 7.47. The Morgan fingerprint density at radius 2 is 1.44 bits per heavy atom. The van der Waals surface area contributed by atoms with Crippen molar-refractivity contribution in [3.63, 3.8) is 0 Å². The van der Waals surface area contributed by atoms with Gasteiger partial charge in [0.15, 0.2) is 11.2 Å². The fourth-order valence-corrected chi connectivity index (χ4v) is 3.91. The topological polar surface area (TPSA) is 66.8 Å². The minimum absolute atomic E-state index is 0.0200. The molecule has 0 radical (unpaired) electrons. The second-order valence-corrected chi connectivity index (χ2v) is 7.47. The predicted molar refractivity (Wildman–Crippen MR) is 81.3 cm³/mol. The van der Waals surface area contributed by atoms with Gasteiger partial charge in [-0.1, -0.05) is 6.58 Å². The molecule has 0 saturated heterocycles. The first kappa shape index (κ1) is 21.7. The fraction of sp³-hybridized carbons (Fsp3) is 0.706. The van der Waals surface area contributed by atoms with E-state index in [0.29, 0.717) is 13.8 Å². The zero-order valence-electron chi connectivity index (χ0n) is 14.8. The lowest BCUT2D eigenvalue weighted by molar-refractivity contribution is -0.249. The first-order valence-electron chi connectivity index (χ1n) is 8.12. The molecule has 5 atom stereocenters. The highest BCUT2D eigenvalue weighted by Gasteiger charge is 2.66. The van der Waals surface area contributed by atoms with E-state index in [9.17, 15) is 41.4 Å². The summed E-state index contributed by atoms with van der Waals surface area (Å²) in [6.45, 7) is 5.37. The van der Waals surface area contributed by atoms with E-state index in [1.54, 1.807) is 0 Å². The van der Waals surface area contributed by atoms with Crippen molar-refractivity contribution in [3.05, 3.63) is 23.3 Å². The number of esters is 1. The molecule has 0 aromatic carbocycles. The highest BCUT2D eigenvalue weighted by molar-refractivity contribution is 5.87. The molecule has 0 amide bonds. The molecule has 0 aliphatic heterocycles. The van der Waals surface area contributed by atoms with Gasteiger partial charge in [0.25, 0.3) is 0 Å². The maximum Gasteiger partial charge on any atom is 0.420 e. The number of hydrogen-bond donors (Lipinski definition) is 2. The van der Waals surface area contributed by atoms with Gasteiger partial charge in [-0.25, -0.2) is 4.79 Å². The van der Waals surface area contributed by atoms with Crippen molar-refractivity contribution >= 4 is 5.97 Å². The van der Waals surface area contributed by atoms with Gasteiger partial charge in [-0.15, -0.1) is 0 Å². The SMILES string of the molecule is C=C(C)C(=O)OC1CC2CC1C(C(C)(O)C(F)(F)F)=C2C(C)(O)C(F)(F)F. The van der Waals surface area contributed by atoms with Crippen LogP contribution in [0.25, 0.3) is 0 Å². The van der Waals surface area contributed by atoms with Crippen LogP contribution >= 0.6 is 0 Å². The van der Waals surface area contributed by atoms with E-state index in [1.807, 2.05) is 0 Å². The van der Waals surface area contributed by atoms with Gasteiger partial charge in [-0.2, -0.15) is 26.3 Å². The second kappa shape index (κ2) is 6.23. The van der Waals surface area contributed by atoms with Crippen LogP contribution in [0.1, 0.15) is 33.6 Å². The van der Waals surface area contributed by atoms with Crippen LogP contribution < -0.4 is 0 Å². The minimum Gasteiger partial charge on any atom is -0.458 e. The summed E-state index contributed by atoms with van der Waals surface area (Å²) in [5.41, 5.74) is -9.07. The number of rotatable bonds is 4. The predicted octanol–water partition coefficient (Wildman–Crippen LogP) is 3.44. The molecule has 0 aromatic heterocycles. The molecule has 0 aromatic rings. The molecule has 27 heavy (non-hydrogen) atoms. The van der Waals surface area contributed by atoms with E-state index in [2.05, 4.69) is 6.58 Å². The van der Waals surface area contributed by atoms with Gasteiger partial charge in [0.05, 0.1) is 0 Å². The van der Waals surface area contributed by atoms with Crippen LogP contribution in [-0.2, 0) is 9.53 Å². The molecule has 1 fully saturated rings. The van der Waals surface area contributed by atoms with Crippen LogP contribution in [0.4, 0.5) is 26.3 Å². The zero-order chi connectivity index (χ0) is 21.2. The molecule has 2 aliphatic carbocycles. The van der Waals surface area contributed by atoms with Crippen LogP contribution in [0.2, 0.25) is 0 Å². The van der Waals surface area contributed by atoms with E-state index >= 15 is 0 Å². The molecule has 0 heterocycles. The van der Waals surface area contributed by atoms with Gasteiger partial charge < -0.3 is 14.9 Å². The molecule has 5 unspecified atom stereocenters. The van der Waals surface area contributed by atoms with Crippen molar-refractivity contribution in [1.29, 1.82) is 0 Å². The van der Waals surface area contributed by atoms with Crippen LogP contribution in [0.5, 0.6) is 0 Å². The molecule has 2 aliphatic rings. The smallest absolute Gasteiger partial charge is 0.420 e. The van der Waals surface area contributed by atoms with Gasteiger partial charge >= 0.3 is 18.3 Å². The van der Waals surface area contributed by atoms with Crippen LogP contribution in [-0.4, -0.2) is 45.8 Å². The first-order valence-corrected chi connectivity index (χ1v) is 8.12. The molecule has 10 heteroatoms. The molecular weight excluding hydrogens is 382 g/mol. The summed E-state index contributed by atoms with van der Waals surface area (Å²) in [7, 11) is 0. The van der Waals surface area contributed by atoms with Crippen molar-refractivity contribution in [1.82, 2.24) is 0 Å². The van der Waals surface area contributed by atoms with Crippen LogP contribution in [0.3, 0.4) is 0 Å². The quantitative estimate of drug-likeness (QED) is 0.327. The Hall–Kier alpha value is -1.55. The summed E-state index contributed by atoms with van der Waals surface area (Å²) < 4.78 is 85.3. The van der Waals surface area contributed by atoms with Gasteiger partial charge in [-0.05, 0) is 50.7 Å². The first-order chi connectivity index (χ1) is 11.9. The summed E-state index contributed by atoms with van der Waals surface area (Å²) in [6.07, 6.45) is -12.1. The third-order valence-corrected chi connectivity index (χ3v) is 5.33. The number of halogens is 6. The Kier molecular flexibility index (Phi) is 5.02. The monoisotopic (exact) mass is 402 g/mol. The summed E-state index contributed by atoms with van der Waals surface area (Å²) in [4.78, 5) is 11.7. The van der Waals surface area contributed by atoms with Gasteiger partial charge in [-0.3, -0.25) is 0 Å². The zero-order valence-corrected chi connectivity index (χ0v) is 14.8. The van der Waals surface area contributed by atoms with E-state index in [1.165, 1.54) is 6.92 Å². The molecule has 2 N–H and O–H groups in total. The van der Waals surface area contributed by atoms with Gasteiger partial charge in [0.2, 0.25) is 0 Å². The number of carbonyl (C=O) groups is 1. The molecule has 2 rings (SSSR count). The highest BCUT2D eigenvalue weighted by Crippen LogP contribution is 2.60. The maximum atomic E-state index is 13.4. The van der Waals surface area contributed by atoms with Gasteiger partial charge in [0.1, 0.15) is 6.10 Å². The van der Waals surface area contributed by atoms with E-state index in [4.69, 9.17) is 4.74 Å². The lowest BCUT2D eigenvalue weighted by Gasteiger charge is -2.40. The molecule has 2 bridgehead atoms. The normalized spacial score (nSPS) is 30.1. The number of ether oxygens (including phenoxy) is 1. The van der Waals surface area contributed by atoms with Crippen LogP contribution in [0, 0.1) is 11.8 Å². The van der Waals surface area contributed by atoms with Gasteiger partial charge in [0, 0.05) is 11.5 Å².